The third-order valence-electron chi connectivity index (χ3n) is 2.25. The summed E-state index contributed by atoms with van der Waals surface area (Å²) in [7, 11) is 0. The molecule has 1 aromatic heterocycles. The first kappa shape index (κ1) is 14.4. The Balaban J connectivity index is 2.34. The standard InChI is InChI=1S/C11H7Cl3N2O2S/c1-4-9(10(17)18)16-11(19-4)15-8-3-6(13)5(12)2-7(8)14/h2-3H,1H3,(H,15,16)(H,17,18). The Morgan fingerprint density at radius 1 is 1.26 bits per heavy atom. The number of halogens is 3. The first-order valence-electron chi connectivity index (χ1n) is 5.00. The van der Waals surface area contributed by atoms with Crippen molar-refractivity contribution in [2.45, 2.75) is 6.92 Å². The quantitative estimate of drug-likeness (QED) is 0.786. The van der Waals surface area contributed by atoms with E-state index in [0.717, 1.165) is 0 Å². The number of thiazole rings is 1. The average molecular weight is 338 g/mol. The van der Waals surface area contributed by atoms with Crippen molar-refractivity contribution in [2.75, 3.05) is 5.32 Å². The zero-order chi connectivity index (χ0) is 14.2. The van der Waals surface area contributed by atoms with Crippen LogP contribution in [0.5, 0.6) is 0 Å². The molecule has 0 aliphatic heterocycles. The predicted molar refractivity (Wildman–Crippen MR) is 78.6 cm³/mol. The summed E-state index contributed by atoms with van der Waals surface area (Å²) in [6.45, 7) is 1.68. The first-order chi connectivity index (χ1) is 8.88. The Morgan fingerprint density at radius 2 is 1.89 bits per heavy atom. The molecule has 2 rings (SSSR count). The molecule has 2 aromatic rings. The van der Waals surface area contributed by atoms with E-state index in [1.165, 1.54) is 17.4 Å². The minimum absolute atomic E-state index is 0.0173. The van der Waals surface area contributed by atoms with Crippen molar-refractivity contribution in [1.29, 1.82) is 0 Å². The van der Waals surface area contributed by atoms with Gasteiger partial charge in [0.2, 0.25) is 0 Å². The Labute approximate surface area is 127 Å². The molecular weight excluding hydrogens is 331 g/mol. The van der Waals surface area contributed by atoms with Gasteiger partial charge in [-0.15, -0.1) is 11.3 Å². The van der Waals surface area contributed by atoms with Crippen molar-refractivity contribution < 1.29 is 9.90 Å². The second kappa shape index (κ2) is 5.54. The summed E-state index contributed by atoms with van der Waals surface area (Å²) in [4.78, 5) is 15.5. The van der Waals surface area contributed by atoms with Gasteiger partial charge in [-0.2, -0.15) is 0 Å². The van der Waals surface area contributed by atoms with E-state index in [1.807, 2.05) is 0 Å². The summed E-state index contributed by atoms with van der Waals surface area (Å²) >= 11 is 19.0. The molecule has 0 saturated heterocycles. The van der Waals surface area contributed by atoms with Gasteiger partial charge in [0.15, 0.2) is 10.8 Å². The van der Waals surface area contributed by atoms with Gasteiger partial charge in [0.1, 0.15) is 0 Å². The van der Waals surface area contributed by atoms with Gasteiger partial charge < -0.3 is 10.4 Å². The van der Waals surface area contributed by atoms with Crippen molar-refractivity contribution >= 4 is 62.9 Å². The number of benzene rings is 1. The zero-order valence-corrected chi connectivity index (χ0v) is 12.6. The monoisotopic (exact) mass is 336 g/mol. The van der Waals surface area contributed by atoms with Crippen LogP contribution in [0.3, 0.4) is 0 Å². The van der Waals surface area contributed by atoms with Gasteiger partial charge in [-0.05, 0) is 19.1 Å². The highest BCUT2D eigenvalue weighted by Crippen LogP contribution is 2.35. The Bertz CT molecular complexity index is 658. The summed E-state index contributed by atoms with van der Waals surface area (Å²) in [6.07, 6.45) is 0. The van der Waals surface area contributed by atoms with Crippen LogP contribution in [0.4, 0.5) is 10.8 Å². The van der Waals surface area contributed by atoms with E-state index in [-0.39, 0.29) is 5.69 Å². The van der Waals surface area contributed by atoms with Gasteiger partial charge in [0.05, 0.1) is 20.8 Å². The summed E-state index contributed by atoms with van der Waals surface area (Å²) in [5.41, 5.74) is 0.533. The van der Waals surface area contributed by atoms with Crippen molar-refractivity contribution in [3.8, 4) is 0 Å². The van der Waals surface area contributed by atoms with Gasteiger partial charge in [0, 0.05) is 4.88 Å². The highest BCUT2D eigenvalue weighted by molar-refractivity contribution is 7.15. The second-order valence-electron chi connectivity index (χ2n) is 3.60. The van der Waals surface area contributed by atoms with Crippen LogP contribution in [-0.4, -0.2) is 16.1 Å². The maximum Gasteiger partial charge on any atom is 0.355 e. The van der Waals surface area contributed by atoms with E-state index >= 15 is 0 Å². The highest BCUT2D eigenvalue weighted by Gasteiger charge is 2.15. The second-order valence-corrected chi connectivity index (χ2v) is 6.02. The van der Waals surface area contributed by atoms with Crippen LogP contribution in [-0.2, 0) is 0 Å². The summed E-state index contributed by atoms with van der Waals surface area (Å²) in [5, 5.41) is 13.4. The topological polar surface area (TPSA) is 62.2 Å². The van der Waals surface area contributed by atoms with E-state index in [4.69, 9.17) is 39.9 Å². The summed E-state index contributed by atoms with van der Waals surface area (Å²) < 4.78 is 0. The molecule has 0 aliphatic carbocycles. The van der Waals surface area contributed by atoms with Crippen molar-refractivity contribution in [1.82, 2.24) is 4.98 Å². The Kier molecular flexibility index (Phi) is 4.20. The molecule has 0 amide bonds. The van der Waals surface area contributed by atoms with Crippen LogP contribution in [0.2, 0.25) is 15.1 Å². The van der Waals surface area contributed by atoms with Crippen LogP contribution in [0, 0.1) is 6.92 Å². The van der Waals surface area contributed by atoms with Crippen molar-refractivity contribution in [2.24, 2.45) is 0 Å². The van der Waals surface area contributed by atoms with E-state index in [9.17, 15) is 4.79 Å². The van der Waals surface area contributed by atoms with Crippen LogP contribution < -0.4 is 5.32 Å². The lowest BCUT2D eigenvalue weighted by atomic mass is 10.3. The molecule has 1 aromatic carbocycles. The molecule has 0 bridgehead atoms. The number of hydrogen-bond donors (Lipinski definition) is 2. The first-order valence-corrected chi connectivity index (χ1v) is 6.96. The van der Waals surface area contributed by atoms with E-state index < -0.39 is 5.97 Å². The normalized spacial score (nSPS) is 10.5. The molecule has 0 fully saturated rings. The summed E-state index contributed by atoms with van der Waals surface area (Å²) in [6, 6.07) is 3.07. The van der Waals surface area contributed by atoms with Gasteiger partial charge in [-0.3, -0.25) is 0 Å². The third kappa shape index (κ3) is 3.12. The number of nitrogens with one attached hydrogen (secondary N) is 1. The molecule has 0 spiro atoms. The summed E-state index contributed by atoms with van der Waals surface area (Å²) in [5.74, 6) is -1.07. The average Bonchev–Trinajstić information content (AvgIpc) is 2.67. The zero-order valence-electron chi connectivity index (χ0n) is 9.50. The number of aryl methyl sites for hydroxylation is 1. The maximum atomic E-state index is 10.9. The van der Waals surface area contributed by atoms with Gasteiger partial charge >= 0.3 is 5.97 Å². The van der Waals surface area contributed by atoms with Gasteiger partial charge in [0.25, 0.3) is 0 Å². The Morgan fingerprint density at radius 3 is 2.47 bits per heavy atom. The maximum absolute atomic E-state index is 10.9. The van der Waals surface area contributed by atoms with Crippen LogP contribution >= 0.6 is 46.1 Å². The fraction of sp³-hybridized carbons (Fsp3) is 0.0909. The minimum atomic E-state index is -1.07. The van der Waals surface area contributed by atoms with E-state index in [0.29, 0.717) is 30.8 Å². The molecule has 1 heterocycles. The molecule has 2 N–H and O–H groups in total. The van der Waals surface area contributed by atoms with Gasteiger partial charge in [-0.25, -0.2) is 9.78 Å². The number of rotatable bonds is 3. The molecule has 19 heavy (non-hydrogen) atoms. The number of carbonyl (C=O) groups is 1. The van der Waals surface area contributed by atoms with Gasteiger partial charge in [-0.1, -0.05) is 34.8 Å². The number of carboxylic acid groups (broad SMARTS) is 1. The lowest BCUT2D eigenvalue weighted by Gasteiger charge is -2.06. The van der Waals surface area contributed by atoms with E-state index in [1.54, 1.807) is 13.0 Å². The van der Waals surface area contributed by atoms with Crippen molar-refractivity contribution in [3.63, 3.8) is 0 Å². The smallest absolute Gasteiger partial charge is 0.355 e. The molecular formula is C11H7Cl3N2O2S. The van der Waals surface area contributed by atoms with Crippen LogP contribution in [0.25, 0.3) is 0 Å². The SMILES string of the molecule is Cc1sc(Nc2cc(Cl)c(Cl)cc2Cl)nc1C(=O)O. The number of hydrogen-bond acceptors (Lipinski definition) is 4. The molecule has 4 nitrogen and oxygen atoms in total. The Hall–Kier alpha value is -1.01. The predicted octanol–water partition coefficient (Wildman–Crippen LogP) is 4.85. The van der Waals surface area contributed by atoms with E-state index in [2.05, 4.69) is 10.3 Å². The molecule has 100 valence electrons. The molecule has 0 atom stereocenters. The number of nitrogens with zero attached hydrogens (tertiary/aromatic N) is 1. The minimum Gasteiger partial charge on any atom is -0.476 e. The molecule has 0 aliphatic rings. The lowest BCUT2D eigenvalue weighted by Crippen LogP contribution is -1.99. The van der Waals surface area contributed by atoms with Crippen LogP contribution in [0.15, 0.2) is 12.1 Å². The number of anilines is 2. The molecule has 8 heteroatoms. The number of aromatic carboxylic acids is 1. The highest BCUT2D eigenvalue weighted by atomic mass is 35.5. The fourth-order valence-corrected chi connectivity index (χ4v) is 2.79. The molecule has 0 saturated carbocycles. The molecule has 0 unspecified atom stereocenters. The molecule has 0 radical (unpaired) electrons. The third-order valence-corrected chi connectivity index (χ3v) is 4.17. The largest absolute Gasteiger partial charge is 0.476 e. The fourth-order valence-electron chi connectivity index (χ4n) is 1.38. The van der Waals surface area contributed by atoms with Crippen molar-refractivity contribution in [3.05, 3.63) is 37.8 Å². The number of aromatic nitrogens is 1. The number of carboxylic acids is 1. The van der Waals surface area contributed by atoms with Crippen LogP contribution in [0.1, 0.15) is 15.4 Å². The lowest BCUT2D eigenvalue weighted by molar-refractivity contribution is 0.0690.